The molecule has 2 aliphatic heterocycles. The fraction of sp³-hybridized carbons (Fsp3) is 0.611. The summed E-state index contributed by atoms with van der Waals surface area (Å²) in [6.45, 7) is 9.69. The van der Waals surface area contributed by atoms with Gasteiger partial charge in [-0.2, -0.15) is 0 Å². The van der Waals surface area contributed by atoms with Gasteiger partial charge in [-0.3, -0.25) is 9.69 Å². The summed E-state index contributed by atoms with van der Waals surface area (Å²) < 4.78 is 0. The van der Waals surface area contributed by atoms with E-state index in [9.17, 15) is 4.79 Å². The summed E-state index contributed by atoms with van der Waals surface area (Å²) >= 11 is 6.32. The van der Waals surface area contributed by atoms with E-state index in [-0.39, 0.29) is 12.0 Å². The van der Waals surface area contributed by atoms with E-state index in [0.29, 0.717) is 11.8 Å². The monoisotopic (exact) mass is 335 g/mol. The maximum Gasteiger partial charge on any atom is 0.225 e. The van der Waals surface area contributed by atoms with Gasteiger partial charge in [0, 0.05) is 43.2 Å². The molecule has 5 heteroatoms. The first-order valence-corrected chi connectivity index (χ1v) is 8.93. The quantitative estimate of drug-likeness (QED) is 0.917. The summed E-state index contributed by atoms with van der Waals surface area (Å²) in [4.78, 5) is 17.0. The average Bonchev–Trinajstić information content (AvgIpc) is 2.52. The molecule has 1 aromatic rings. The number of hydrogen-bond donors (Lipinski definition) is 1. The summed E-state index contributed by atoms with van der Waals surface area (Å²) in [5.41, 5.74) is 1.17. The lowest BCUT2D eigenvalue weighted by Crippen LogP contribution is -2.54. The molecule has 3 rings (SSSR count). The molecule has 0 aliphatic carbocycles. The molecular formula is C18H26ClN3O. The minimum atomic E-state index is 0.142. The SMILES string of the molecule is CC(C(=O)N1CCN(C(C)c2ccccc2Cl)CC1)C1CNC1. The highest BCUT2D eigenvalue weighted by molar-refractivity contribution is 6.31. The summed E-state index contributed by atoms with van der Waals surface area (Å²) in [5.74, 6) is 0.980. The number of hydrogen-bond acceptors (Lipinski definition) is 3. The molecule has 4 nitrogen and oxygen atoms in total. The first kappa shape index (κ1) is 16.7. The number of benzene rings is 1. The predicted molar refractivity (Wildman–Crippen MR) is 93.5 cm³/mol. The topological polar surface area (TPSA) is 35.6 Å². The number of carbonyl (C=O) groups is 1. The Morgan fingerprint density at radius 1 is 1.17 bits per heavy atom. The zero-order valence-electron chi connectivity index (χ0n) is 14.0. The fourth-order valence-corrected chi connectivity index (χ4v) is 3.79. The van der Waals surface area contributed by atoms with Crippen LogP contribution in [-0.4, -0.2) is 55.0 Å². The Hall–Kier alpha value is -1.10. The third-order valence-corrected chi connectivity index (χ3v) is 5.78. The van der Waals surface area contributed by atoms with E-state index in [4.69, 9.17) is 11.6 Å². The number of halogens is 1. The number of piperazine rings is 1. The van der Waals surface area contributed by atoms with Crippen LogP contribution in [0.5, 0.6) is 0 Å². The molecule has 0 radical (unpaired) electrons. The van der Waals surface area contributed by atoms with Crippen LogP contribution in [0.4, 0.5) is 0 Å². The average molecular weight is 336 g/mol. The van der Waals surface area contributed by atoms with Gasteiger partial charge >= 0.3 is 0 Å². The molecule has 2 atom stereocenters. The first-order chi connectivity index (χ1) is 11.1. The normalized spacial score (nSPS) is 22.5. The Morgan fingerprint density at radius 2 is 1.83 bits per heavy atom. The van der Waals surface area contributed by atoms with Gasteiger partial charge in [0.25, 0.3) is 0 Å². The van der Waals surface area contributed by atoms with E-state index in [1.54, 1.807) is 0 Å². The molecule has 23 heavy (non-hydrogen) atoms. The number of nitrogens with one attached hydrogen (secondary N) is 1. The zero-order valence-corrected chi connectivity index (χ0v) is 14.7. The van der Waals surface area contributed by atoms with Crippen molar-refractivity contribution < 1.29 is 4.79 Å². The van der Waals surface area contributed by atoms with Crippen LogP contribution in [0.1, 0.15) is 25.5 Å². The fourth-order valence-electron chi connectivity index (χ4n) is 3.49. The van der Waals surface area contributed by atoms with Gasteiger partial charge < -0.3 is 10.2 Å². The lowest BCUT2D eigenvalue weighted by atomic mass is 9.88. The Balaban J connectivity index is 1.55. The van der Waals surface area contributed by atoms with Crippen LogP contribution in [-0.2, 0) is 4.79 Å². The van der Waals surface area contributed by atoms with Crippen LogP contribution in [0.2, 0.25) is 5.02 Å². The molecule has 2 fully saturated rings. The van der Waals surface area contributed by atoms with E-state index in [0.717, 1.165) is 44.3 Å². The van der Waals surface area contributed by atoms with E-state index >= 15 is 0 Å². The molecule has 2 heterocycles. The van der Waals surface area contributed by atoms with Crippen LogP contribution in [0.25, 0.3) is 0 Å². The Bertz CT molecular complexity index is 553. The van der Waals surface area contributed by atoms with E-state index in [2.05, 4.69) is 30.1 Å². The highest BCUT2D eigenvalue weighted by atomic mass is 35.5. The van der Waals surface area contributed by atoms with Crippen molar-refractivity contribution >= 4 is 17.5 Å². The Labute approximate surface area is 143 Å². The maximum absolute atomic E-state index is 12.6. The van der Waals surface area contributed by atoms with Crippen molar-refractivity contribution in [2.24, 2.45) is 11.8 Å². The summed E-state index contributed by atoms with van der Waals surface area (Å²) in [6, 6.07) is 8.32. The van der Waals surface area contributed by atoms with Crippen LogP contribution in [0.15, 0.2) is 24.3 Å². The summed E-state index contributed by atoms with van der Waals surface area (Å²) in [5, 5.41) is 4.08. The minimum absolute atomic E-state index is 0.142. The maximum atomic E-state index is 12.6. The number of amides is 1. The molecule has 1 amide bonds. The second kappa shape index (κ2) is 7.20. The van der Waals surface area contributed by atoms with Gasteiger partial charge in [-0.1, -0.05) is 36.7 Å². The van der Waals surface area contributed by atoms with E-state index in [1.165, 1.54) is 5.56 Å². The second-order valence-corrected chi connectivity index (χ2v) is 7.17. The second-order valence-electron chi connectivity index (χ2n) is 6.77. The van der Waals surface area contributed by atoms with Crippen LogP contribution in [0, 0.1) is 11.8 Å². The predicted octanol–water partition coefficient (Wildman–Crippen LogP) is 2.40. The summed E-state index contributed by atoms with van der Waals surface area (Å²) in [7, 11) is 0. The lowest BCUT2D eigenvalue weighted by Gasteiger charge is -2.41. The van der Waals surface area contributed by atoms with Crippen molar-refractivity contribution in [3.63, 3.8) is 0 Å². The van der Waals surface area contributed by atoms with Crippen LogP contribution in [0.3, 0.4) is 0 Å². The first-order valence-electron chi connectivity index (χ1n) is 8.56. The zero-order chi connectivity index (χ0) is 16.4. The van der Waals surface area contributed by atoms with Crippen molar-refractivity contribution in [3.05, 3.63) is 34.9 Å². The highest BCUT2D eigenvalue weighted by Crippen LogP contribution is 2.28. The van der Waals surface area contributed by atoms with Crippen LogP contribution >= 0.6 is 11.6 Å². The van der Waals surface area contributed by atoms with Gasteiger partial charge in [0.2, 0.25) is 5.91 Å². The van der Waals surface area contributed by atoms with Crippen molar-refractivity contribution in [3.8, 4) is 0 Å². The third kappa shape index (κ3) is 3.54. The van der Waals surface area contributed by atoms with Gasteiger partial charge in [-0.05, 0) is 37.6 Å². The van der Waals surface area contributed by atoms with Crippen LogP contribution < -0.4 is 5.32 Å². The third-order valence-electron chi connectivity index (χ3n) is 5.44. The molecule has 0 aromatic heterocycles. The molecule has 2 saturated heterocycles. The largest absolute Gasteiger partial charge is 0.340 e. The Kier molecular flexibility index (Phi) is 5.24. The molecule has 2 aliphatic rings. The molecular weight excluding hydrogens is 310 g/mol. The highest BCUT2D eigenvalue weighted by Gasteiger charge is 2.33. The van der Waals surface area contributed by atoms with Gasteiger partial charge in [-0.15, -0.1) is 0 Å². The van der Waals surface area contributed by atoms with Gasteiger partial charge in [-0.25, -0.2) is 0 Å². The van der Waals surface area contributed by atoms with E-state index < -0.39 is 0 Å². The number of carbonyl (C=O) groups excluding carboxylic acids is 1. The van der Waals surface area contributed by atoms with Gasteiger partial charge in [0.15, 0.2) is 0 Å². The van der Waals surface area contributed by atoms with Gasteiger partial charge in [0.05, 0.1) is 0 Å². The Morgan fingerprint density at radius 3 is 2.39 bits per heavy atom. The van der Waals surface area contributed by atoms with Crippen molar-refractivity contribution in [2.75, 3.05) is 39.3 Å². The number of rotatable bonds is 4. The van der Waals surface area contributed by atoms with Crippen molar-refractivity contribution in [2.45, 2.75) is 19.9 Å². The van der Waals surface area contributed by atoms with Crippen molar-refractivity contribution in [1.29, 1.82) is 0 Å². The molecule has 0 saturated carbocycles. The minimum Gasteiger partial charge on any atom is -0.340 e. The molecule has 2 unspecified atom stereocenters. The standard InChI is InChI=1S/C18H26ClN3O/c1-13(15-11-20-12-15)18(23)22-9-7-21(8-10-22)14(2)16-5-3-4-6-17(16)19/h3-6,13-15,20H,7-12H2,1-2H3. The smallest absolute Gasteiger partial charge is 0.225 e. The van der Waals surface area contributed by atoms with E-state index in [1.807, 2.05) is 23.1 Å². The summed E-state index contributed by atoms with van der Waals surface area (Å²) in [6.07, 6.45) is 0. The molecule has 0 spiro atoms. The molecule has 1 N–H and O–H groups in total. The lowest BCUT2D eigenvalue weighted by molar-refractivity contribution is -0.139. The molecule has 0 bridgehead atoms. The molecule has 1 aromatic carbocycles. The molecule has 126 valence electrons. The van der Waals surface area contributed by atoms with Crippen molar-refractivity contribution in [1.82, 2.24) is 15.1 Å². The number of nitrogens with zero attached hydrogens (tertiary/aromatic N) is 2. The van der Waals surface area contributed by atoms with Gasteiger partial charge in [0.1, 0.15) is 0 Å².